The number of ether oxygens (including phenoxy) is 6. The predicted molar refractivity (Wildman–Crippen MR) is 110 cm³/mol. The molecule has 0 spiro atoms. The van der Waals surface area contributed by atoms with Gasteiger partial charge in [-0.2, -0.15) is 0 Å². The third-order valence-corrected chi connectivity index (χ3v) is 4.08. The highest BCUT2D eigenvalue weighted by Gasteiger charge is 2.27. The van der Waals surface area contributed by atoms with Crippen molar-refractivity contribution in [1.82, 2.24) is 0 Å². The summed E-state index contributed by atoms with van der Waals surface area (Å²) in [5, 5.41) is 0. The lowest BCUT2D eigenvalue weighted by Crippen LogP contribution is -2.37. The van der Waals surface area contributed by atoms with Crippen molar-refractivity contribution in [3.63, 3.8) is 0 Å². The van der Waals surface area contributed by atoms with Crippen LogP contribution in [0.2, 0.25) is 0 Å². The zero-order valence-corrected chi connectivity index (χ0v) is 19.2. The largest absolute Gasteiger partial charge is 0.331 e. The number of hydrogen-bond acceptors (Lipinski definition) is 6. The summed E-state index contributed by atoms with van der Waals surface area (Å²) in [7, 11) is 4.72. The molecule has 6 nitrogen and oxygen atoms in total. The fourth-order valence-electron chi connectivity index (χ4n) is 2.19. The Morgan fingerprint density at radius 3 is 1.07 bits per heavy atom. The number of unbranched alkanes of at least 4 members (excludes halogenated alkanes) is 3. The molecule has 0 aromatic carbocycles. The zero-order chi connectivity index (χ0) is 21.0. The molecule has 0 radical (unpaired) electrons. The summed E-state index contributed by atoms with van der Waals surface area (Å²) in [5.74, 6) is -1.67. The molecule has 6 heteroatoms. The Morgan fingerprint density at radius 1 is 0.556 bits per heavy atom. The molecule has 0 aromatic rings. The molecule has 166 valence electrons. The van der Waals surface area contributed by atoms with Crippen molar-refractivity contribution in [1.29, 1.82) is 0 Å². The van der Waals surface area contributed by atoms with E-state index in [0.29, 0.717) is 19.8 Å². The lowest BCUT2D eigenvalue weighted by atomic mass is 10.3. The highest BCUT2D eigenvalue weighted by molar-refractivity contribution is 4.52. The van der Waals surface area contributed by atoms with Crippen LogP contribution in [0.25, 0.3) is 0 Å². The van der Waals surface area contributed by atoms with Gasteiger partial charge in [0.1, 0.15) is 0 Å². The molecule has 0 rings (SSSR count). The minimum absolute atomic E-state index is 0.700. The first-order chi connectivity index (χ1) is 12.9. The summed E-state index contributed by atoms with van der Waals surface area (Å²) < 4.78 is 32.3. The summed E-state index contributed by atoms with van der Waals surface area (Å²) in [5.41, 5.74) is 0. The quantitative estimate of drug-likeness (QED) is 0.240. The Kier molecular flexibility index (Phi) is 20.5. The van der Waals surface area contributed by atoms with E-state index in [-0.39, 0.29) is 0 Å². The van der Waals surface area contributed by atoms with Gasteiger partial charge in [0.05, 0.1) is 19.8 Å². The lowest BCUT2D eigenvalue weighted by Gasteiger charge is -2.29. The molecule has 0 aliphatic rings. The molecule has 0 bridgehead atoms. The van der Waals surface area contributed by atoms with E-state index in [1.54, 1.807) is 21.3 Å². The van der Waals surface area contributed by atoms with Crippen LogP contribution in [0.3, 0.4) is 0 Å². The van der Waals surface area contributed by atoms with Gasteiger partial charge in [0, 0.05) is 34.7 Å². The molecule has 0 saturated carbocycles. The van der Waals surface area contributed by atoms with E-state index in [2.05, 4.69) is 20.8 Å². The number of rotatable bonds is 17. The Balaban J connectivity index is 0. The van der Waals surface area contributed by atoms with E-state index in [4.69, 9.17) is 28.4 Å². The molecular weight excluding hydrogens is 348 g/mol. The first-order valence-electron chi connectivity index (χ1n) is 10.5. The molecule has 0 amide bonds. The van der Waals surface area contributed by atoms with Crippen LogP contribution < -0.4 is 0 Å². The predicted octanol–water partition coefficient (Wildman–Crippen LogP) is 5.49. The maximum absolute atomic E-state index is 5.72. The molecular formula is C21H46O6. The topological polar surface area (TPSA) is 55.4 Å². The highest BCUT2D eigenvalue weighted by Crippen LogP contribution is 2.18. The molecule has 0 aliphatic heterocycles. The van der Waals surface area contributed by atoms with E-state index < -0.39 is 11.9 Å². The van der Waals surface area contributed by atoms with E-state index in [1.165, 1.54) is 0 Å². The average Bonchev–Trinajstić information content (AvgIpc) is 2.67. The van der Waals surface area contributed by atoms with E-state index in [1.807, 2.05) is 13.8 Å². The van der Waals surface area contributed by atoms with Gasteiger partial charge in [-0.3, -0.25) is 0 Å². The van der Waals surface area contributed by atoms with Crippen molar-refractivity contribution in [2.75, 3.05) is 41.2 Å². The summed E-state index contributed by atoms with van der Waals surface area (Å²) in [6.07, 6.45) is 8.23. The van der Waals surface area contributed by atoms with Gasteiger partial charge in [0.15, 0.2) is 0 Å². The van der Waals surface area contributed by atoms with Gasteiger partial charge in [-0.05, 0) is 25.7 Å². The van der Waals surface area contributed by atoms with Crippen LogP contribution in [0, 0.1) is 0 Å². The van der Waals surface area contributed by atoms with Crippen molar-refractivity contribution in [2.45, 2.75) is 97.9 Å². The van der Waals surface area contributed by atoms with Crippen LogP contribution in [-0.4, -0.2) is 53.1 Å². The second-order valence-corrected chi connectivity index (χ2v) is 6.51. The highest BCUT2D eigenvalue weighted by atomic mass is 16.9. The van der Waals surface area contributed by atoms with Gasteiger partial charge in [-0.15, -0.1) is 0 Å². The fourth-order valence-corrected chi connectivity index (χ4v) is 2.19. The van der Waals surface area contributed by atoms with Gasteiger partial charge in [-0.1, -0.05) is 47.0 Å². The van der Waals surface area contributed by atoms with E-state index in [9.17, 15) is 0 Å². The van der Waals surface area contributed by atoms with Crippen LogP contribution in [0.5, 0.6) is 0 Å². The molecule has 0 unspecified atom stereocenters. The Bertz CT molecular complexity index is 260. The number of hydrogen-bond donors (Lipinski definition) is 0. The van der Waals surface area contributed by atoms with Crippen molar-refractivity contribution in [3.8, 4) is 0 Å². The molecule has 0 saturated heterocycles. The van der Waals surface area contributed by atoms with Crippen LogP contribution in [0.1, 0.15) is 86.0 Å². The van der Waals surface area contributed by atoms with Crippen molar-refractivity contribution >= 4 is 0 Å². The van der Waals surface area contributed by atoms with Gasteiger partial charge in [0.2, 0.25) is 0 Å². The maximum atomic E-state index is 5.72. The van der Waals surface area contributed by atoms with Crippen molar-refractivity contribution in [2.24, 2.45) is 0 Å². The molecule has 0 aliphatic carbocycles. The summed E-state index contributed by atoms with van der Waals surface area (Å²) in [6.45, 7) is 12.5. The maximum Gasteiger partial charge on any atom is 0.282 e. The first kappa shape index (κ1) is 29.0. The molecule has 27 heavy (non-hydrogen) atoms. The average molecular weight is 395 g/mol. The van der Waals surface area contributed by atoms with Gasteiger partial charge in [0.25, 0.3) is 11.9 Å². The summed E-state index contributed by atoms with van der Waals surface area (Å²) in [6, 6.07) is 0. The van der Waals surface area contributed by atoms with Gasteiger partial charge < -0.3 is 28.4 Å². The van der Waals surface area contributed by atoms with Crippen LogP contribution in [0.4, 0.5) is 0 Å². The molecule has 0 heterocycles. The molecule has 0 fully saturated rings. The molecule has 0 N–H and O–H groups in total. The van der Waals surface area contributed by atoms with Crippen LogP contribution >= 0.6 is 0 Å². The number of methoxy groups -OCH3 is 3. The second kappa shape index (κ2) is 19.1. The first-order valence-corrected chi connectivity index (χ1v) is 10.5. The summed E-state index contributed by atoms with van der Waals surface area (Å²) >= 11 is 0. The molecule has 0 atom stereocenters. The van der Waals surface area contributed by atoms with Gasteiger partial charge >= 0.3 is 0 Å². The minimum atomic E-state index is -0.848. The Labute approximate surface area is 168 Å². The zero-order valence-electron chi connectivity index (χ0n) is 19.2. The molecule has 0 aromatic heterocycles. The standard InChI is InChI=1S/C14H30O3.C7H16O3/c1-5-8-11-15-14(4,16-12-9-6-2)17-13-10-7-3;1-5-6-7(8-2,9-3)10-4/h5-13H2,1-4H3;5-6H2,1-4H3. The van der Waals surface area contributed by atoms with Crippen LogP contribution in [-0.2, 0) is 28.4 Å². The smallest absolute Gasteiger partial charge is 0.282 e. The van der Waals surface area contributed by atoms with Crippen LogP contribution in [0.15, 0.2) is 0 Å². The third kappa shape index (κ3) is 15.4. The summed E-state index contributed by atoms with van der Waals surface area (Å²) in [4.78, 5) is 0. The fraction of sp³-hybridized carbons (Fsp3) is 1.00. The Hall–Kier alpha value is -0.240. The lowest BCUT2D eigenvalue weighted by molar-refractivity contribution is -0.370. The third-order valence-electron chi connectivity index (χ3n) is 4.08. The van der Waals surface area contributed by atoms with Crippen molar-refractivity contribution < 1.29 is 28.4 Å². The van der Waals surface area contributed by atoms with E-state index >= 15 is 0 Å². The normalized spacial score (nSPS) is 12.0. The van der Waals surface area contributed by atoms with E-state index in [0.717, 1.165) is 51.4 Å². The van der Waals surface area contributed by atoms with Crippen molar-refractivity contribution in [3.05, 3.63) is 0 Å². The second-order valence-electron chi connectivity index (χ2n) is 6.51. The van der Waals surface area contributed by atoms with Gasteiger partial charge in [-0.25, -0.2) is 0 Å². The minimum Gasteiger partial charge on any atom is -0.331 e. The monoisotopic (exact) mass is 394 g/mol. The Morgan fingerprint density at radius 2 is 0.889 bits per heavy atom. The SMILES string of the molecule is CCCC(OC)(OC)OC.CCCCOC(C)(OCCCC)OCCCC.